The SMILES string of the molecule is CC(C)(C)OC(=O)CN1C(=O)c2c(OCC(=O)O)cccc2Oc2ccc(C(=O)OCC[Si](C)(C)C)cc21. The molecule has 2 aromatic rings. The summed E-state index contributed by atoms with van der Waals surface area (Å²) in [6.45, 7) is 10.7. The first-order chi connectivity index (χ1) is 17.6. The Morgan fingerprint density at radius 3 is 2.39 bits per heavy atom. The number of carbonyl (C=O) groups excluding carboxylic acids is 3. The third-order valence-corrected chi connectivity index (χ3v) is 7.00. The van der Waals surface area contributed by atoms with Crippen LogP contribution in [0.15, 0.2) is 36.4 Å². The minimum atomic E-state index is -1.42. The molecule has 0 saturated heterocycles. The predicted molar refractivity (Wildman–Crippen MR) is 142 cm³/mol. The molecule has 11 heteroatoms. The summed E-state index contributed by atoms with van der Waals surface area (Å²) in [4.78, 5) is 51.7. The standard InChI is InChI=1S/C27H33NO9Si/c1-27(2,3)37-23(31)15-28-18-14-17(26(33)34-12-13-38(4,5)6)10-11-19(18)36-21-9-7-8-20(24(21)25(28)32)35-16-22(29)30/h7-11,14H,12-13,15-16H2,1-6H3,(H,29,30). The fraction of sp³-hybridized carbons (Fsp3) is 0.407. The molecule has 1 aliphatic heterocycles. The number of rotatable bonds is 9. The molecule has 0 bridgehead atoms. The third kappa shape index (κ3) is 7.57. The quantitative estimate of drug-likeness (QED) is 0.352. The van der Waals surface area contributed by atoms with Crippen molar-refractivity contribution in [3.63, 3.8) is 0 Å². The summed E-state index contributed by atoms with van der Waals surface area (Å²) in [5.41, 5.74) is -0.534. The van der Waals surface area contributed by atoms with E-state index in [4.69, 9.17) is 24.1 Å². The van der Waals surface area contributed by atoms with Gasteiger partial charge in [0.1, 0.15) is 29.2 Å². The monoisotopic (exact) mass is 543 g/mol. The van der Waals surface area contributed by atoms with Gasteiger partial charge in [0.05, 0.1) is 17.9 Å². The van der Waals surface area contributed by atoms with Crippen LogP contribution in [0.1, 0.15) is 41.5 Å². The van der Waals surface area contributed by atoms with Gasteiger partial charge in [-0.1, -0.05) is 25.7 Å². The smallest absolute Gasteiger partial charge is 0.341 e. The summed E-state index contributed by atoms with van der Waals surface area (Å²) < 4.78 is 22.2. The van der Waals surface area contributed by atoms with E-state index in [1.54, 1.807) is 26.8 Å². The molecule has 0 spiro atoms. The molecule has 0 atom stereocenters. The van der Waals surface area contributed by atoms with Gasteiger partial charge in [-0.05, 0) is 57.1 Å². The Labute approximate surface area is 222 Å². The average molecular weight is 544 g/mol. The lowest BCUT2D eigenvalue weighted by Gasteiger charge is -2.25. The van der Waals surface area contributed by atoms with Gasteiger partial charge in [0, 0.05) is 8.07 Å². The van der Waals surface area contributed by atoms with Crippen LogP contribution >= 0.6 is 0 Å². The van der Waals surface area contributed by atoms with Crippen LogP contribution in [0, 0.1) is 0 Å². The van der Waals surface area contributed by atoms with Crippen LogP contribution in [0.4, 0.5) is 5.69 Å². The van der Waals surface area contributed by atoms with E-state index < -0.39 is 50.6 Å². The molecule has 0 saturated carbocycles. The number of hydrogen-bond donors (Lipinski definition) is 1. The number of aliphatic carboxylic acids is 1. The normalized spacial score (nSPS) is 13.0. The summed E-state index contributed by atoms with van der Waals surface area (Å²) in [6, 6.07) is 9.77. The highest BCUT2D eigenvalue weighted by Gasteiger charge is 2.34. The maximum absolute atomic E-state index is 13.8. The van der Waals surface area contributed by atoms with Crippen LogP contribution in [-0.4, -0.2) is 62.4 Å². The number of esters is 2. The Morgan fingerprint density at radius 1 is 1.05 bits per heavy atom. The van der Waals surface area contributed by atoms with Crippen molar-refractivity contribution in [2.45, 2.75) is 52.1 Å². The second kappa shape index (κ2) is 11.3. The van der Waals surface area contributed by atoms with Crippen molar-refractivity contribution in [1.82, 2.24) is 0 Å². The molecule has 0 unspecified atom stereocenters. The Morgan fingerprint density at radius 2 is 1.76 bits per heavy atom. The fourth-order valence-electron chi connectivity index (χ4n) is 3.56. The first-order valence-electron chi connectivity index (χ1n) is 12.1. The lowest BCUT2D eigenvalue weighted by Crippen LogP contribution is -2.38. The van der Waals surface area contributed by atoms with Crippen molar-refractivity contribution in [2.75, 3.05) is 24.7 Å². The number of carboxylic acid groups (broad SMARTS) is 1. The summed E-state index contributed by atoms with van der Waals surface area (Å²) in [7, 11) is -1.42. The first-order valence-corrected chi connectivity index (χ1v) is 15.9. The van der Waals surface area contributed by atoms with Gasteiger partial charge < -0.3 is 24.1 Å². The molecule has 2 aromatic carbocycles. The van der Waals surface area contributed by atoms with E-state index in [-0.39, 0.29) is 40.7 Å². The van der Waals surface area contributed by atoms with Crippen LogP contribution in [0.25, 0.3) is 0 Å². The van der Waals surface area contributed by atoms with Crippen LogP contribution in [0.5, 0.6) is 17.2 Å². The molecule has 1 aliphatic rings. The predicted octanol–water partition coefficient (Wildman–Crippen LogP) is 4.74. The number of fused-ring (bicyclic) bond motifs is 2. The van der Waals surface area contributed by atoms with Crippen molar-refractivity contribution >= 4 is 37.6 Å². The zero-order chi connectivity index (χ0) is 28.3. The highest BCUT2D eigenvalue weighted by atomic mass is 28.3. The fourth-order valence-corrected chi connectivity index (χ4v) is 4.28. The molecule has 0 aromatic heterocycles. The molecule has 1 amide bonds. The highest BCUT2D eigenvalue weighted by Crippen LogP contribution is 2.42. The number of ether oxygens (including phenoxy) is 4. The van der Waals surface area contributed by atoms with E-state index in [0.717, 1.165) is 10.9 Å². The first kappa shape index (κ1) is 28.7. The van der Waals surface area contributed by atoms with Gasteiger partial charge in [-0.15, -0.1) is 0 Å². The average Bonchev–Trinajstić information content (AvgIpc) is 2.90. The molecule has 38 heavy (non-hydrogen) atoms. The molecule has 1 heterocycles. The van der Waals surface area contributed by atoms with Crippen molar-refractivity contribution in [3.05, 3.63) is 47.5 Å². The largest absolute Gasteiger partial charge is 0.481 e. The van der Waals surface area contributed by atoms with E-state index in [0.29, 0.717) is 0 Å². The van der Waals surface area contributed by atoms with Gasteiger partial charge >= 0.3 is 17.9 Å². The van der Waals surface area contributed by atoms with Crippen LogP contribution in [0.2, 0.25) is 25.7 Å². The molecule has 0 aliphatic carbocycles. The van der Waals surface area contributed by atoms with E-state index in [1.807, 2.05) is 0 Å². The Balaban J connectivity index is 2.03. The Kier molecular flexibility index (Phi) is 8.50. The summed E-state index contributed by atoms with van der Waals surface area (Å²) >= 11 is 0. The Bertz CT molecular complexity index is 1240. The second-order valence-corrected chi connectivity index (χ2v) is 16.6. The summed E-state index contributed by atoms with van der Waals surface area (Å²) in [6.07, 6.45) is 0. The molecule has 10 nitrogen and oxygen atoms in total. The van der Waals surface area contributed by atoms with Crippen molar-refractivity contribution in [3.8, 4) is 17.2 Å². The number of nitrogens with zero attached hydrogens (tertiary/aromatic N) is 1. The van der Waals surface area contributed by atoms with Crippen LogP contribution in [-0.2, 0) is 19.1 Å². The van der Waals surface area contributed by atoms with Gasteiger partial charge in [-0.2, -0.15) is 0 Å². The van der Waals surface area contributed by atoms with Crippen molar-refractivity contribution in [2.24, 2.45) is 0 Å². The van der Waals surface area contributed by atoms with Gasteiger partial charge in [0.2, 0.25) is 0 Å². The van der Waals surface area contributed by atoms with Crippen LogP contribution < -0.4 is 14.4 Å². The number of carbonyl (C=O) groups is 4. The zero-order valence-electron chi connectivity index (χ0n) is 22.5. The molecule has 204 valence electrons. The number of carboxylic acids is 1. The number of hydrogen-bond acceptors (Lipinski definition) is 8. The maximum Gasteiger partial charge on any atom is 0.341 e. The van der Waals surface area contributed by atoms with Gasteiger partial charge in [0.25, 0.3) is 5.91 Å². The Hall–Kier alpha value is -3.86. The number of benzene rings is 2. The highest BCUT2D eigenvalue weighted by molar-refractivity contribution is 6.76. The topological polar surface area (TPSA) is 129 Å². The van der Waals surface area contributed by atoms with E-state index in [2.05, 4.69) is 19.6 Å². The van der Waals surface area contributed by atoms with E-state index >= 15 is 0 Å². The molecule has 0 radical (unpaired) electrons. The lowest BCUT2D eigenvalue weighted by molar-refractivity contribution is -0.152. The molecule has 1 N–H and O–H groups in total. The molecule has 0 fully saturated rings. The number of amides is 1. The maximum atomic E-state index is 13.8. The van der Waals surface area contributed by atoms with E-state index in [1.165, 1.54) is 30.3 Å². The van der Waals surface area contributed by atoms with E-state index in [9.17, 15) is 19.2 Å². The molecular weight excluding hydrogens is 510 g/mol. The minimum Gasteiger partial charge on any atom is -0.481 e. The van der Waals surface area contributed by atoms with Crippen LogP contribution in [0.3, 0.4) is 0 Å². The van der Waals surface area contributed by atoms with Crippen molar-refractivity contribution in [1.29, 1.82) is 0 Å². The molecular formula is C27H33NO9Si. The third-order valence-electron chi connectivity index (χ3n) is 5.30. The van der Waals surface area contributed by atoms with Gasteiger partial charge in [0.15, 0.2) is 12.4 Å². The molecule has 3 rings (SSSR count). The minimum absolute atomic E-state index is 0.0251. The van der Waals surface area contributed by atoms with Gasteiger partial charge in [-0.3, -0.25) is 14.5 Å². The second-order valence-electron chi connectivity index (χ2n) is 11.0. The summed E-state index contributed by atoms with van der Waals surface area (Å²) in [5, 5.41) is 9.06. The van der Waals surface area contributed by atoms with Gasteiger partial charge in [-0.25, -0.2) is 9.59 Å². The zero-order valence-corrected chi connectivity index (χ0v) is 23.5. The van der Waals surface area contributed by atoms with Crippen molar-refractivity contribution < 1.29 is 43.2 Å². The number of anilines is 1. The summed E-state index contributed by atoms with van der Waals surface area (Å²) in [5.74, 6) is -2.88. The lowest BCUT2D eigenvalue weighted by atomic mass is 10.1.